The molecule has 2 rings (SSSR count). The lowest BCUT2D eigenvalue weighted by molar-refractivity contribution is -0.103. The second-order valence-electron chi connectivity index (χ2n) is 2.95. The van der Waals surface area contributed by atoms with Gasteiger partial charge < -0.3 is 4.74 Å². The molecule has 15 heavy (non-hydrogen) atoms. The number of methoxy groups -OCH3 is 1. The third-order valence-corrected chi connectivity index (χ3v) is 2.20. The fourth-order valence-corrected chi connectivity index (χ4v) is 1.52. The minimum atomic E-state index is 0.0319. The maximum absolute atomic E-state index is 10.8. The average molecular weight is 201 g/mol. The zero-order valence-electron chi connectivity index (χ0n) is 7.98. The van der Waals surface area contributed by atoms with Gasteiger partial charge in [0, 0.05) is 5.22 Å². The highest BCUT2D eigenvalue weighted by Gasteiger charge is 2.15. The van der Waals surface area contributed by atoms with Gasteiger partial charge in [-0.05, 0) is 6.07 Å². The molecular weight excluding hydrogens is 194 g/mol. The Kier molecular flexibility index (Phi) is 2.20. The van der Waals surface area contributed by atoms with Crippen LogP contribution in [0.4, 0.5) is 0 Å². The van der Waals surface area contributed by atoms with Crippen molar-refractivity contribution < 1.29 is 14.3 Å². The molecule has 4 nitrogen and oxygen atoms in total. The highest BCUT2D eigenvalue weighted by atomic mass is 16.5. The Morgan fingerprint density at radius 2 is 2.27 bits per heavy atom. The molecule has 0 bridgehead atoms. The number of ether oxygens (including phenoxy) is 1. The predicted octanol–water partition coefficient (Wildman–Crippen LogP) is -0.607. The quantitative estimate of drug-likeness (QED) is 0.474. The van der Waals surface area contributed by atoms with Crippen molar-refractivity contribution in [3.8, 4) is 5.75 Å². The summed E-state index contributed by atoms with van der Waals surface area (Å²) in [6.07, 6.45) is 0.606. The van der Waals surface area contributed by atoms with E-state index in [0.29, 0.717) is 22.6 Å². The zero-order valence-corrected chi connectivity index (χ0v) is 7.98. The molecule has 4 heteroatoms. The van der Waals surface area contributed by atoms with Crippen LogP contribution in [0.15, 0.2) is 28.9 Å². The first-order valence-electron chi connectivity index (χ1n) is 4.28. The molecule has 0 saturated heterocycles. The van der Waals surface area contributed by atoms with E-state index in [0.717, 1.165) is 0 Å². The van der Waals surface area contributed by atoms with Crippen LogP contribution >= 0.6 is 0 Å². The molecule has 0 saturated carbocycles. The Hall–Kier alpha value is -2.19. The molecule has 1 aliphatic heterocycles. The third-order valence-electron chi connectivity index (χ3n) is 2.20. The second-order valence-corrected chi connectivity index (χ2v) is 2.95. The first kappa shape index (κ1) is 9.37. The summed E-state index contributed by atoms with van der Waals surface area (Å²) in [5, 5.41) is 1.13. The van der Waals surface area contributed by atoms with Gasteiger partial charge in [0.2, 0.25) is 0 Å². The van der Waals surface area contributed by atoms with E-state index in [9.17, 15) is 9.59 Å². The molecule has 1 aromatic carbocycles. The first-order chi connectivity index (χ1) is 7.31. The molecule has 0 amide bonds. The van der Waals surface area contributed by atoms with Gasteiger partial charge in [0.1, 0.15) is 11.1 Å². The molecule has 1 aromatic rings. The summed E-state index contributed by atoms with van der Waals surface area (Å²) in [5.41, 5.74) is 0.295. The summed E-state index contributed by atoms with van der Waals surface area (Å²) in [4.78, 5) is 25.4. The molecule has 0 spiro atoms. The SMILES string of the molecule is COc1cccc2c1=NC(=C=O)C=2C=O. The summed E-state index contributed by atoms with van der Waals surface area (Å²) >= 11 is 0. The number of carbonyl (C=O) groups is 1. The Labute approximate surface area is 85.2 Å². The molecule has 0 atom stereocenters. The summed E-state index contributed by atoms with van der Waals surface area (Å²) in [6, 6.07) is 5.18. The summed E-state index contributed by atoms with van der Waals surface area (Å²) in [6.45, 7) is 0. The number of rotatable bonds is 2. The van der Waals surface area contributed by atoms with Crippen LogP contribution in [0.5, 0.6) is 5.75 Å². The lowest BCUT2D eigenvalue weighted by Gasteiger charge is -1.96. The van der Waals surface area contributed by atoms with Crippen molar-refractivity contribution in [1.29, 1.82) is 0 Å². The van der Waals surface area contributed by atoms with Crippen molar-refractivity contribution in [3.63, 3.8) is 0 Å². The molecule has 0 aliphatic carbocycles. The molecule has 0 unspecified atom stereocenters. The Balaban J connectivity index is 2.96. The molecule has 0 fully saturated rings. The number of allylic oxidation sites excluding steroid dienone is 1. The number of para-hydroxylation sites is 1. The Morgan fingerprint density at radius 3 is 2.87 bits per heavy atom. The first-order valence-corrected chi connectivity index (χ1v) is 4.28. The predicted molar refractivity (Wildman–Crippen MR) is 52.5 cm³/mol. The van der Waals surface area contributed by atoms with E-state index in [1.165, 1.54) is 7.11 Å². The fraction of sp³-hybridized carbons (Fsp3) is 0.0909. The van der Waals surface area contributed by atoms with E-state index >= 15 is 0 Å². The van der Waals surface area contributed by atoms with Crippen molar-refractivity contribution in [2.24, 2.45) is 4.99 Å². The van der Waals surface area contributed by atoms with E-state index in [1.54, 1.807) is 24.1 Å². The van der Waals surface area contributed by atoms with Crippen LogP contribution in [0.3, 0.4) is 0 Å². The Morgan fingerprint density at radius 1 is 1.47 bits per heavy atom. The second kappa shape index (κ2) is 3.52. The molecule has 0 aromatic heterocycles. The van der Waals surface area contributed by atoms with Crippen LogP contribution in [0, 0.1) is 0 Å². The van der Waals surface area contributed by atoms with Crippen molar-refractivity contribution in [1.82, 2.24) is 0 Å². The van der Waals surface area contributed by atoms with E-state index in [4.69, 9.17) is 4.74 Å². The number of fused-ring (bicyclic) bond motifs is 1. The number of hydrogen-bond acceptors (Lipinski definition) is 4. The van der Waals surface area contributed by atoms with Gasteiger partial charge in [-0.25, -0.2) is 9.79 Å². The number of aldehydes is 1. The molecular formula is C11H7NO3. The minimum absolute atomic E-state index is 0.0319. The number of carbonyl (C=O) groups excluding carboxylic acids is 2. The number of nitrogens with zero attached hydrogens (tertiary/aromatic N) is 1. The van der Waals surface area contributed by atoms with Crippen molar-refractivity contribution in [2.45, 2.75) is 0 Å². The minimum Gasteiger partial charge on any atom is -0.494 e. The number of benzene rings is 1. The van der Waals surface area contributed by atoms with Gasteiger partial charge in [0.05, 0.1) is 12.7 Å². The maximum atomic E-state index is 10.8. The van der Waals surface area contributed by atoms with Crippen molar-refractivity contribution in [3.05, 3.63) is 34.5 Å². The molecule has 1 heterocycles. The zero-order chi connectivity index (χ0) is 10.8. The van der Waals surface area contributed by atoms with E-state index in [-0.39, 0.29) is 11.3 Å². The van der Waals surface area contributed by atoms with E-state index in [2.05, 4.69) is 4.99 Å². The van der Waals surface area contributed by atoms with Gasteiger partial charge >= 0.3 is 0 Å². The van der Waals surface area contributed by atoms with E-state index < -0.39 is 0 Å². The lowest BCUT2D eigenvalue weighted by atomic mass is 10.2. The third kappa shape index (κ3) is 1.28. The average Bonchev–Trinajstić information content (AvgIpc) is 2.66. The Bertz CT molecular complexity index is 595. The molecule has 1 aliphatic rings. The maximum Gasteiger partial charge on any atom is 0.158 e. The van der Waals surface area contributed by atoms with Gasteiger partial charge in [-0.2, -0.15) is 0 Å². The summed E-state index contributed by atoms with van der Waals surface area (Å²) in [5.74, 6) is 2.18. The molecule has 74 valence electrons. The number of hydrogen-bond donors (Lipinski definition) is 0. The van der Waals surface area contributed by atoms with Crippen LogP contribution in [0.25, 0.3) is 5.57 Å². The van der Waals surface area contributed by atoms with Crippen molar-refractivity contribution >= 4 is 17.8 Å². The lowest BCUT2D eigenvalue weighted by Crippen LogP contribution is -2.24. The summed E-state index contributed by atoms with van der Waals surface area (Å²) < 4.78 is 5.08. The molecule has 0 radical (unpaired) electrons. The topological polar surface area (TPSA) is 55.7 Å². The van der Waals surface area contributed by atoms with Crippen LogP contribution in [0.2, 0.25) is 0 Å². The van der Waals surface area contributed by atoms with Crippen LogP contribution < -0.4 is 15.3 Å². The van der Waals surface area contributed by atoms with Gasteiger partial charge in [0.15, 0.2) is 17.9 Å². The smallest absolute Gasteiger partial charge is 0.158 e. The van der Waals surface area contributed by atoms with Gasteiger partial charge in [-0.1, -0.05) is 12.1 Å². The molecule has 0 N–H and O–H groups in total. The highest BCUT2D eigenvalue weighted by Crippen LogP contribution is 2.10. The largest absolute Gasteiger partial charge is 0.494 e. The normalized spacial score (nSPS) is 12.9. The van der Waals surface area contributed by atoms with Crippen LogP contribution in [-0.2, 0) is 9.59 Å². The van der Waals surface area contributed by atoms with Gasteiger partial charge in [-0.3, -0.25) is 4.79 Å². The fourth-order valence-electron chi connectivity index (χ4n) is 1.52. The van der Waals surface area contributed by atoms with Gasteiger partial charge in [-0.15, -0.1) is 0 Å². The van der Waals surface area contributed by atoms with E-state index in [1.807, 2.05) is 0 Å². The standard InChI is InChI=1S/C11H7NO3/c1-15-10-4-2-3-7-8(5-13)9(6-14)12-11(7)10/h2-5H,1H3. The van der Waals surface area contributed by atoms with Crippen molar-refractivity contribution in [2.75, 3.05) is 7.11 Å². The van der Waals surface area contributed by atoms with Crippen LogP contribution in [0.1, 0.15) is 0 Å². The van der Waals surface area contributed by atoms with Gasteiger partial charge in [0.25, 0.3) is 0 Å². The van der Waals surface area contributed by atoms with Crippen LogP contribution in [-0.4, -0.2) is 19.3 Å². The summed E-state index contributed by atoms with van der Waals surface area (Å²) in [7, 11) is 1.51. The monoisotopic (exact) mass is 201 g/mol. The highest BCUT2D eigenvalue weighted by molar-refractivity contribution is 6.10.